The molecule has 0 aromatic heterocycles. The second-order valence-electron chi connectivity index (χ2n) is 5.21. The number of benzene rings is 1. The van der Waals surface area contributed by atoms with Gasteiger partial charge >= 0.3 is 5.97 Å². The van der Waals surface area contributed by atoms with Crippen molar-refractivity contribution >= 4 is 11.9 Å². The number of carbonyl (C=O) groups excluding carboxylic acids is 2. The van der Waals surface area contributed by atoms with Crippen LogP contribution in [-0.2, 0) is 30.2 Å². The van der Waals surface area contributed by atoms with Crippen LogP contribution in [0.25, 0.3) is 0 Å². The second-order valence-corrected chi connectivity index (χ2v) is 5.21. The molecule has 22 heavy (non-hydrogen) atoms. The van der Waals surface area contributed by atoms with Crippen LogP contribution in [0, 0.1) is 0 Å². The number of hydrogen-bond donors (Lipinski definition) is 0. The number of allylic oxidation sites excluding steroid dienone is 1. The molecule has 2 aliphatic heterocycles. The molecule has 2 heterocycles. The summed E-state index contributed by atoms with van der Waals surface area (Å²) in [6.07, 6.45) is -0.245. The molecule has 1 amide bonds. The van der Waals surface area contributed by atoms with Crippen molar-refractivity contribution in [2.75, 3.05) is 7.11 Å². The highest BCUT2D eigenvalue weighted by Crippen LogP contribution is 2.38. The number of methoxy groups -OCH3 is 1. The zero-order valence-electron chi connectivity index (χ0n) is 12.4. The van der Waals surface area contributed by atoms with Crippen molar-refractivity contribution < 1.29 is 23.8 Å². The molecule has 1 aromatic carbocycles. The zero-order chi connectivity index (χ0) is 15.7. The van der Waals surface area contributed by atoms with E-state index < -0.39 is 12.2 Å². The number of rotatable bonds is 4. The van der Waals surface area contributed by atoms with E-state index in [4.69, 9.17) is 14.2 Å². The molecule has 6 nitrogen and oxygen atoms in total. The van der Waals surface area contributed by atoms with E-state index >= 15 is 0 Å². The molecule has 2 aliphatic rings. The van der Waals surface area contributed by atoms with E-state index in [9.17, 15) is 9.59 Å². The molecule has 6 heteroatoms. The molecule has 116 valence electrons. The SMILES string of the molecule is COC1C(=C(Cc2ccccc2)OC(C)=O)O[C@@H]2CC(=O)N12. The highest BCUT2D eigenvalue weighted by molar-refractivity contribution is 5.83. The first-order chi connectivity index (χ1) is 10.6. The lowest BCUT2D eigenvalue weighted by Gasteiger charge is -2.33. The summed E-state index contributed by atoms with van der Waals surface area (Å²) >= 11 is 0. The molecule has 1 aromatic rings. The third-order valence-electron chi connectivity index (χ3n) is 3.66. The molecule has 2 atom stereocenters. The van der Waals surface area contributed by atoms with Gasteiger partial charge in [-0.25, -0.2) is 0 Å². The second kappa shape index (κ2) is 5.81. The monoisotopic (exact) mass is 303 g/mol. The number of β-lactam (4-membered cyclic amide) rings is 1. The van der Waals surface area contributed by atoms with Crippen molar-refractivity contribution in [3.63, 3.8) is 0 Å². The van der Waals surface area contributed by atoms with Crippen LogP contribution < -0.4 is 0 Å². The molecule has 1 unspecified atom stereocenters. The summed E-state index contributed by atoms with van der Waals surface area (Å²) in [5.74, 6) is 0.316. The largest absolute Gasteiger partial charge is 0.466 e. The maximum absolute atomic E-state index is 11.7. The standard InChI is InChI=1S/C16H17NO5/c1-10(18)21-12(8-11-6-4-3-5-7-11)15-16(20-2)17-13(19)9-14(17)22-15/h3-7,14,16H,8-9H2,1-2H3/t14-,16?/m1/s1. The first-order valence-electron chi connectivity index (χ1n) is 7.06. The summed E-state index contributed by atoms with van der Waals surface area (Å²) in [6.45, 7) is 1.34. The third kappa shape index (κ3) is 2.57. The number of carbonyl (C=O) groups is 2. The van der Waals surface area contributed by atoms with Gasteiger partial charge in [-0.1, -0.05) is 30.3 Å². The quantitative estimate of drug-likeness (QED) is 0.480. The molecular weight excluding hydrogens is 286 g/mol. The van der Waals surface area contributed by atoms with Gasteiger partial charge in [0.25, 0.3) is 0 Å². The van der Waals surface area contributed by atoms with Gasteiger partial charge in [0.2, 0.25) is 5.91 Å². The van der Waals surface area contributed by atoms with Crippen molar-refractivity contribution in [3.8, 4) is 0 Å². The Morgan fingerprint density at radius 2 is 2.09 bits per heavy atom. The number of esters is 1. The Morgan fingerprint density at radius 1 is 1.36 bits per heavy atom. The van der Waals surface area contributed by atoms with Crippen molar-refractivity contribution in [2.24, 2.45) is 0 Å². The maximum atomic E-state index is 11.7. The molecule has 0 spiro atoms. The predicted molar refractivity (Wildman–Crippen MR) is 76.1 cm³/mol. The van der Waals surface area contributed by atoms with Gasteiger partial charge in [-0.05, 0) is 5.56 Å². The summed E-state index contributed by atoms with van der Waals surface area (Å²) in [4.78, 5) is 24.6. The minimum absolute atomic E-state index is 0.0336. The Kier molecular flexibility index (Phi) is 3.85. The van der Waals surface area contributed by atoms with Crippen LogP contribution in [-0.4, -0.2) is 36.3 Å². The average Bonchev–Trinajstić information content (AvgIpc) is 2.79. The van der Waals surface area contributed by atoms with Crippen LogP contribution in [0.2, 0.25) is 0 Å². The Hall–Kier alpha value is -2.34. The topological polar surface area (TPSA) is 65.1 Å². The molecule has 0 saturated carbocycles. The van der Waals surface area contributed by atoms with Crippen molar-refractivity contribution in [1.82, 2.24) is 4.90 Å². The molecule has 2 saturated heterocycles. The van der Waals surface area contributed by atoms with Gasteiger partial charge in [0.05, 0.1) is 6.42 Å². The Morgan fingerprint density at radius 3 is 2.68 bits per heavy atom. The van der Waals surface area contributed by atoms with Gasteiger partial charge in [0.15, 0.2) is 24.0 Å². The zero-order valence-corrected chi connectivity index (χ0v) is 12.4. The number of nitrogens with zero attached hydrogens (tertiary/aromatic N) is 1. The highest BCUT2D eigenvalue weighted by Gasteiger charge is 2.52. The van der Waals surface area contributed by atoms with Gasteiger partial charge in [-0.15, -0.1) is 0 Å². The molecule has 3 rings (SSSR count). The first kappa shape index (κ1) is 14.6. The number of hydrogen-bond acceptors (Lipinski definition) is 5. The van der Waals surface area contributed by atoms with Gasteiger partial charge in [-0.3, -0.25) is 14.5 Å². The van der Waals surface area contributed by atoms with E-state index in [-0.39, 0.29) is 12.1 Å². The van der Waals surface area contributed by atoms with E-state index in [1.807, 2.05) is 30.3 Å². The molecule has 0 aliphatic carbocycles. The summed E-state index contributed by atoms with van der Waals surface area (Å²) in [5, 5.41) is 0. The predicted octanol–water partition coefficient (Wildman–Crippen LogP) is 1.56. The van der Waals surface area contributed by atoms with Crippen molar-refractivity contribution in [2.45, 2.75) is 32.2 Å². The fourth-order valence-corrected chi connectivity index (χ4v) is 2.66. The lowest BCUT2D eigenvalue weighted by molar-refractivity contribution is -0.165. The minimum atomic E-state index is -0.635. The van der Waals surface area contributed by atoms with Crippen LogP contribution >= 0.6 is 0 Å². The molecule has 0 radical (unpaired) electrons. The number of ether oxygens (including phenoxy) is 3. The fraction of sp³-hybridized carbons (Fsp3) is 0.375. The summed E-state index contributed by atoms with van der Waals surface area (Å²) < 4.78 is 16.4. The lowest BCUT2D eigenvalue weighted by atomic mass is 10.1. The van der Waals surface area contributed by atoms with E-state index in [2.05, 4.69) is 0 Å². The summed E-state index contributed by atoms with van der Waals surface area (Å²) in [6, 6.07) is 9.59. The smallest absolute Gasteiger partial charge is 0.307 e. The van der Waals surface area contributed by atoms with Gasteiger partial charge < -0.3 is 14.2 Å². The van der Waals surface area contributed by atoms with Crippen LogP contribution in [0.1, 0.15) is 18.9 Å². The van der Waals surface area contributed by atoms with Gasteiger partial charge in [0, 0.05) is 20.5 Å². The van der Waals surface area contributed by atoms with Crippen molar-refractivity contribution in [1.29, 1.82) is 0 Å². The minimum Gasteiger partial charge on any atom is -0.466 e. The van der Waals surface area contributed by atoms with Gasteiger partial charge in [0.1, 0.15) is 0 Å². The van der Waals surface area contributed by atoms with Crippen LogP contribution in [0.15, 0.2) is 41.9 Å². The Bertz CT molecular complexity index is 625. The van der Waals surface area contributed by atoms with E-state index in [0.29, 0.717) is 24.4 Å². The van der Waals surface area contributed by atoms with E-state index in [1.54, 1.807) is 0 Å². The molecule has 2 fully saturated rings. The van der Waals surface area contributed by atoms with E-state index in [0.717, 1.165) is 5.56 Å². The average molecular weight is 303 g/mol. The highest BCUT2D eigenvalue weighted by atomic mass is 16.6. The Balaban J connectivity index is 1.93. The van der Waals surface area contributed by atoms with Gasteiger partial charge in [-0.2, -0.15) is 0 Å². The Labute approximate surface area is 128 Å². The molecule has 0 bridgehead atoms. The van der Waals surface area contributed by atoms with Crippen LogP contribution in [0.5, 0.6) is 0 Å². The summed E-state index contributed by atoms with van der Waals surface area (Å²) in [7, 11) is 1.50. The lowest BCUT2D eigenvalue weighted by Crippen LogP contribution is -2.53. The number of amides is 1. The van der Waals surface area contributed by atoms with E-state index in [1.165, 1.54) is 18.9 Å². The van der Waals surface area contributed by atoms with Crippen LogP contribution in [0.4, 0.5) is 0 Å². The first-order valence-corrected chi connectivity index (χ1v) is 7.06. The number of fused-ring (bicyclic) bond motifs is 1. The summed E-state index contributed by atoms with van der Waals surface area (Å²) in [5.41, 5.74) is 0.977. The normalized spacial score (nSPS) is 25.2. The van der Waals surface area contributed by atoms with Crippen LogP contribution in [0.3, 0.4) is 0 Å². The maximum Gasteiger partial charge on any atom is 0.307 e. The molecule has 0 N–H and O–H groups in total. The molecular formula is C16H17NO5. The fourth-order valence-electron chi connectivity index (χ4n) is 2.66. The van der Waals surface area contributed by atoms with Crippen molar-refractivity contribution in [3.05, 3.63) is 47.4 Å². The third-order valence-corrected chi connectivity index (χ3v) is 3.66.